The number of ether oxygens (including phenoxy) is 2. The third-order valence-electron chi connectivity index (χ3n) is 6.48. The van der Waals surface area contributed by atoms with Crippen molar-refractivity contribution in [3.8, 4) is 5.75 Å². The fraction of sp³-hybridized carbons (Fsp3) is 0.464. The van der Waals surface area contributed by atoms with Gasteiger partial charge in [0.2, 0.25) is 11.8 Å². The molecule has 12 heteroatoms. The maximum absolute atomic E-state index is 12.9. The second-order valence-electron chi connectivity index (χ2n) is 9.32. The van der Waals surface area contributed by atoms with Gasteiger partial charge in [-0.25, -0.2) is 4.79 Å². The number of esters is 1. The van der Waals surface area contributed by atoms with E-state index in [4.69, 9.17) is 9.47 Å². The van der Waals surface area contributed by atoms with E-state index in [1.165, 1.54) is 23.1 Å². The van der Waals surface area contributed by atoms with Crippen molar-refractivity contribution in [2.75, 3.05) is 24.8 Å². The zero-order valence-corrected chi connectivity index (χ0v) is 24.7. The van der Waals surface area contributed by atoms with Gasteiger partial charge in [-0.3, -0.25) is 9.59 Å². The van der Waals surface area contributed by atoms with Crippen LogP contribution in [0, 0.1) is 0 Å². The minimum absolute atomic E-state index is 0.110. The number of hydrogen-bond acceptors (Lipinski definition) is 9. The van der Waals surface area contributed by atoms with Crippen molar-refractivity contribution in [1.29, 1.82) is 0 Å². The molecule has 0 radical (unpaired) electrons. The van der Waals surface area contributed by atoms with E-state index in [0.717, 1.165) is 53.9 Å². The lowest BCUT2D eigenvalue weighted by Crippen LogP contribution is -2.26. The molecule has 10 nitrogen and oxygen atoms in total. The van der Waals surface area contributed by atoms with Crippen LogP contribution in [0.1, 0.15) is 65.3 Å². The van der Waals surface area contributed by atoms with Gasteiger partial charge in [-0.1, -0.05) is 37.2 Å². The number of anilines is 1. The van der Waals surface area contributed by atoms with Crippen LogP contribution in [0.4, 0.5) is 5.00 Å². The zero-order chi connectivity index (χ0) is 28.5. The maximum Gasteiger partial charge on any atom is 0.341 e. The van der Waals surface area contributed by atoms with Gasteiger partial charge in [-0.05, 0) is 55.9 Å². The first-order valence-corrected chi connectivity index (χ1v) is 15.3. The van der Waals surface area contributed by atoms with Gasteiger partial charge in [-0.2, -0.15) is 0 Å². The molecule has 0 saturated heterocycles. The van der Waals surface area contributed by atoms with Gasteiger partial charge in [0.25, 0.3) is 0 Å². The molecule has 0 spiro atoms. The fourth-order valence-corrected chi connectivity index (χ4v) is 6.55. The molecule has 2 heterocycles. The summed E-state index contributed by atoms with van der Waals surface area (Å²) in [5.41, 5.74) is 2.39. The number of aromatic nitrogens is 3. The van der Waals surface area contributed by atoms with Crippen molar-refractivity contribution in [2.24, 2.45) is 0 Å². The lowest BCUT2D eigenvalue weighted by atomic mass is 10.1. The van der Waals surface area contributed by atoms with E-state index < -0.39 is 0 Å². The summed E-state index contributed by atoms with van der Waals surface area (Å²) in [4.78, 5) is 39.2. The standard InChI is InChI=1S/C28H35N5O5S2/c1-4-6-14-33-22(16-29-23(34)15-18-10-12-19(37-3)13-11-18)31-32-28(33)39-17-24(35)30-26-25(27(36)38-5-2)20-8-7-9-21(20)40-26/h10-13H,4-9,14-17H2,1-3H3,(H,29,34)(H,30,35). The predicted octanol–water partition coefficient (Wildman–Crippen LogP) is 4.40. The van der Waals surface area contributed by atoms with Gasteiger partial charge in [0.1, 0.15) is 10.8 Å². The summed E-state index contributed by atoms with van der Waals surface area (Å²) >= 11 is 2.74. The number of carbonyl (C=O) groups excluding carboxylic acids is 3. The Morgan fingerprint density at radius 2 is 1.90 bits per heavy atom. The van der Waals surface area contributed by atoms with Gasteiger partial charge in [0.05, 0.1) is 38.0 Å². The number of fused-ring (bicyclic) bond motifs is 1. The van der Waals surface area contributed by atoms with Crippen molar-refractivity contribution >= 4 is 45.9 Å². The number of aryl methyl sites for hydroxylation is 1. The van der Waals surface area contributed by atoms with Gasteiger partial charge >= 0.3 is 5.97 Å². The van der Waals surface area contributed by atoms with Crippen LogP contribution in [0.2, 0.25) is 0 Å². The van der Waals surface area contributed by atoms with E-state index in [0.29, 0.717) is 28.1 Å². The van der Waals surface area contributed by atoms with Crippen molar-refractivity contribution in [2.45, 2.75) is 70.6 Å². The second-order valence-corrected chi connectivity index (χ2v) is 11.4. The number of carbonyl (C=O) groups is 3. The number of hydrogen-bond donors (Lipinski definition) is 2. The largest absolute Gasteiger partial charge is 0.497 e. The van der Waals surface area contributed by atoms with Crippen LogP contribution in [-0.4, -0.2) is 52.0 Å². The Balaban J connectivity index is 1.36. The number of amides is 2. The number of methoxy groups -OCH3 is 1. The minimum atomic E-state index is -0.386. The minimum Gasteiger partial charge on any atom is -0.497 e. The van der Waals surface area contributed by atoms with E-state index in [1.54, 1.807) is 14.0 Å². The highest BCUT2D eigenvalue weighted by molar-refractivity contribution is 7.99. The Hall–Kier alpha value is -3.38. The number of thioether (sulfide) groups is 1. The molecular formula is C28H35N5O5S2. The average Bonchev–Trinajstić information content (AvgIpc) is 3.64. The number of thiophene rings is 1. The number of nitrogens with zero attached hydrogens (tertiary/aromatic N) is 3. The molecule has 1 aromatic carbocycles. The molecule has 0 fully saturated rings. The van der Waals surface area contributed by atoms with Gasteiger partial charge in [0, 0.05) is 11.4 Å². The number of benzene rings is 1. The highest BCUT2D eigenvalue weighted by Crippen LogP contribution is 2.39. The number of nitrogens with one attached hydrogen (secondary N) is 2. The van der Waals surface area contributed by atoms with Gasteiger partial charge in [0.15, 0.2) is 11.0 Å². The molecule has 0 atom stereocenters. The first-order chi connectivity index (χ1) is 19.4. The van der Waals surface area contributed by atoms with Gasteiger partial charge < -0.3 is 24.7 Å². The van der Waals surface area contributed by atoms with Crippen LogP contribution >= 0.6 is 23.1 Å². The summed E-state index contributed by atoms with van der Waals surface area (Å²) in [6, 6.07) is 7.38. The van der Waals surface area contributed by atoms with E-state index >= 15 is 0 Å². The molecule has 40 heavy (non-hydrogen) atoms. The topological polar surface area (TPSA) is 124 Å². The van der Waals surface area contributed by atoms with Crippen LogP contribution in [0.3, 0.4) is 0 Å². The summed E-state index contributed by atoms with van der Waals surface area (Å²) in [7, 11) is 1.60. The quantitative estimate of drug-likeness (QED) is 0.211. The third-order valence-corrected chi connectivity index (χ3v) is 8.66. The van der Waals surface area contributed by atoms with Gasteiger partial charge in [-0.15, -0.1) is 21.5 Å². The Labute approximate surface area is 242 Å². The molecule has 214 valence electrons. The average molecular weight is 586 g/mol. The van der Waals surface area contributed by atoms with E-state index in [9.17, 15) is 14.4 Å². The second kappa shape index (κ2) is 14.3. The number of rotatable bonds is 14. The van der Waals surface area contributed by atoms with Crippen LogP contribution in [0.15, 0.2) is 29.4 Å². The zero-order valence-electron chi connectivity index (χ0n) is 23.1. The Bertz CT molecular complexity index is 1340. The van der Waals surface area contributed by atoms with Crippen molar-refractivity contribution in [3.63, 3.8) is 0 Å². The highest BCUT2D eigenvalue weighted by Gasteiger charge is 2.28. The van der Waals surface area contributed by atoms with Crippen molar-refractivity contribution in [1.82, 2.24) is 20.1 Å². The lowest BCUT2D eigenvalue weighted by molar-refractivity contribution is -0.120. The van der Waals surface area contributed by atoms with Crippen molar-refractivity contribution in [3.05, 3.63) is 51.7 Å². The van der Waals surface area contributed by atoms with E-state index in [-0.39, 0.29) is 43.1 Å². The monoisotopic (exact) mass is 585 g/mol. The number of unbranched alkanes of at least 4 members (excludes halogenated alkanes) is 1. The smallest absolute Gasteiger partial charge is 0.341 e. The predicted molar refractivity (Wildman–Crippen MR) is 155 cm³/mol. The maximum atomic E-state index is 12.9. The van der Waals surface area contributed by atoms with E-state index in [1.807, 2.05) is 28.8 Å². The molecular weight excluding hydrogens is 550 g/mol. The normalized spacial score (nSPS) is 12.2. The molecule has 2 amide bonds. The molecule has 0 unspecified atom stereocenters. The summed E-state index contributed by atoms with van der Waals surface area (Å²) < 4.78 is 12.4. The van der Waals surface area contributed by atoms with E-state index in [2.05, 4.69) is 27.8 Å². The molecule has 3 aromatic rings. The first kappa shape index (κ1) is 29.6. The van der Waals surface area contributed by atoms with Crippen molar-refractivity contribution < 1.29 is 23.9 Å². The Morgan fingerprint density at radius 3 is 2.62 bits per heavy atom. The molecule has 0 aliphatic heterocycles. The fourth-order valence-electron chi connectivity index (χ4n) is 4.47. The first-order valence-electron chi connectivity index (χ1n) is 13.5. The van der Waals surface area contributed by atoms with Crippen LogP contribution in [0.25, 0.3) is 0 Å². The Morgan fingerprint density at radius 1 is 1.10 bits per heavy atom. The summed E-state index contributed by atoms with van der Waals surface area (Å²) in [6.45, 7) is 5.07. The molecule has 0 bridgehead atoms. The molecule has 1 aliphatic carbocycles. The highest BCUT2D eigenvalue weighted by atomic mass is 32.2. The summed E-state index contributed by atoms with van der Waals surface area (Å²) in [5.74, 6) is 0.754. The summed E-state index contributed by atoms with van der Waals surface area (Å²) in [5, 5.41) is 15.6. The molecule has 4 rings (SSSR count). The van der Waals surface area contributed by atoms with Crippen LogP contribution in [0.5, 0.6) is 5.75 Å². The summed E-state index contributed by atoms with van der Waals surface area (Å²) in [6.07, 6.45) is 4.88. The van der Waals surface area contributed by atoms with Crippen LogP contribution in [-0.2, 0) is 46.7 Å². The van der Waals surface area contributed by atoms with Crippen LogP contribution < -0.4 is 15.4 Å². The SMILES string of the molecule is CCCCn1c(CNC(=O)Cc2ccc(OC)cc2)nnc1SCC(=O)Nc1sc2c(c1C(=O)OCC)CCC2. The molecule has 0 saturated carbocycles. The molecule has 1 aliphatic rings. The Kier molecular flexibility index (Phi) is 10.6. The molecule has 2 aromatic heterocycles. The lowest BCUT2D eigenvalue weighted by Gasteiger charge is -2.11. The molecule has 2 N–H and O–H groups in total. The third kappa shape index (κ3) is 7.42.